The Bertz CT molecular complexity index is 219. The van der Waals surface area contributed by atoms with Crippen molar-refractivity contribution >= 4 is 11.7 Å². The van der Waals surface area contributed by atoms with Gasteiger partial charge in [-0.25, -0.2) is 0 Å². The molecule has 0 saturated carbocycles. The number of aliphatic imine (C=N–C) groups is 1. The molecule has 66 valence electrons. The van der Waals surface area contributed by atoms with E-state index < -0.39 is 0 Å². The first-order valence-electron chi connectivity index (χ1n) is 4.25. The molecule has 4 heteroatoms. The summed E-state index contributed by atoms with van der Waals surface area (Å²) in [6.45, 7) is 1.98. The lowest BCUT2D eigenvalue weighted by Gasteiger charge is -2.05. The van der Waals surface area contributed by atoms with Crippen molar-refractivity contribution in [3.8, 4) is 0 Å². The number of amides is 1. The van der Waals surface area contributed by atoms with E-state index in [4.69, 9.17) is 4.74 Å². The molecule has 2 heterocycles. The standard InChI is InChI=1S/C8H12N2O2/c11-8-4-9-7(10-8)3-6-1-2-12-5-6/h6H,1-5H2,(H,9,10,11). The fraction of sp³-hybridized carbons (Fsp3) is 0.750. The largest absolute Gasteiger partial charge is 0.381 e. The Morgan fingerprint density at radius 3 is 3.17 bits per heavy atom. The number of amidine groups is 1. The van der Waals surface area contributed by atoms with Crippen molar-refractivity contribution in [2.75, 3.05) is 19.8 Å². The first kappa shape index (κ1) is 7.73. The van der Waals surface area contributed by atoms with Gasteiger partial charge in [-0.1, -0.05) is 0 Å². The summed E-state index contributed by atoms with van der Waals surface area (Å²) >= 11 is 0. The van der Waals surface area contributed by atoms with E-state index in [0.717, 1.165) is 31.9 Å². The quantitative estimate of drug-likeness (QED) is 0.628. The van der Waals surface area contributed by atoms with Crippen LogP contribution in [0.25, 0.3) is 0 Å². The van der Waals surface area contributed by atoms with Crippen molar-refractivity contribution in [2.45, 2.75) is 12.8 Å². The molecule has 0 aromatic heterocycles. The van der Waals surface area contributed by atoms with Gasteiger partial charge < -0.3 is 10.1 Å². The second-order valence-electron chi connectivity index (χ2n) is 3.24. The van der Waals surface area contributed by atoms with E-state index in [0.29, 0.717) is 12.5 Å². The lowest BCUT2D eigenvalue weighted by atomic mass is 10.0. The van der Waals surface area contributed by atoms with Crippen LogP contribution in [0.5, 0.6) is 0 Å². The van der Waals surface area contributed by atoms with Crippen LogP contribution in [0.2, 0.25) is 0 Å². The minimum atomic E-state index is 0.0175. The molecule has 1 N–H and O–H groups in total. The molecule has 0 bridgehead atoms. The van der Waals surface area contributed by atoms with Crippen molar-refractivity contribution in [1.82, 2.24) is 5.32 Å². The lowest BCUT2D eigenvalue weighted by Crippen LogP contribution is -2.26. The molecule has 0 spiro atoms. The first-order chi connectivity index (χ1) is 5.84. The highest BCUT2D eigenvalue weighted by Gasteiger charge is 2.21. The van der Waals surface area contributed by atoms with Crippen LogP contribution in [-0.4, -0.2) is 31.5 Å². The van der Waals surface area contributed by atoms with Gasteiger partial charge in [0.1, 0.15) is 12.4 Å². The number of carbonyl (C=O) groups is 1. The molecule has 0 aromatic carbocycles. The summed E-state index contributed by atoms with van der Waals surface area (Å²) in [5.41, 5.74) is 0. The van der Waals surface area contributed by atoms with Crippen LogP contribution in [0.3, 0.4) is 0 Å². The molecule has 12 heavy (non-hydrogen) atoms. The van der Waals surface area contributed by atoms with Gasteiger partial charge in [-0.15, -0.1) is 0 Å². The van der Waals surface area contributed by atoms with Gasteiger partial charge in [0, 0.05) is 19.6 Å². The Balaban J connectivity index is 1.82. The first-order valence-corrected chi connectivity index (χ1v) is 4.25. The van der Waals surface area contributed by atoms with E-state index in [-0.39, 0.29) is 5.91 Å². The maximum atomic E-state index is 10.8. The van der Waals surface area contributed by atoms with Crippen molar-refractivity contribution < 1.29 is 9.53 Å². The summed E-state index contributed by atoms with van der Waals surface area (Å²) in [6.07, 6.45) is 1.96. The number of carbonyl (C=O) groups excluding carboxylic acids is 1. The molecule has 1 saturated heterocycles. The highest BCUT2D eigenvalue weighted by Crippen LogP contribution is 2.16. The Kier molecular flexibility index (Phi) is 2.08. The van der Waals surface area contributed by atoms with Crippen LogP contribution < -0.4 is 5.32 Å². The van der Waals surface area contributed by atoms with Gasteiger partial charge in [0.25, 0.3) is 0 Å². The van der Waals surface area contributed by atoms with Crippen molar-refractivity contribution in [3.05, 3.63) is 0 Å². The van der Waals surface area contributed by atoms with Gasteiger partial charge >= 0.3 is 0 Å². The Hall–Kier alpha value is -0.900. The van der Waals surface area contributed by atoms with Gasteiger partial charge in [0.05, 0.1) is 0 Å². The maximum absolute atomic E-state index is 10.8. The summed E-state index contributed by atoms with van der Waals surface area (Å²) in [5.74, 6) is 1.42. The van der Waals surface area contributed by atoms with Gasteiger partial charge in [-0.3, -0.25) is 9.79 Å². The topological polar surface area (TPSA) is 50.7 Å². The molecule has 0 aromatic rings. The summed E-state index contributed by atoms with van der Waals surface area (Å²) < 4.78 is 5.23. The highest BCUT2D eigenvalue weighted by molar-refractivity contribution is 6.03. The van der Waals surface area contributed by atoms with E-state index in [9.17, 15) is 4.79 Å². The number of ether oxygens (including phenoxy) is 1. The second kappa shape index (κ2) is 3.23. The van der Waals surface area contributed by atoms with Gasteiger partial charge in [0.2, 0.25) is 5.91 Å². The van der Waals surface area contributed by atoms with Crippen LogP contribution in [0.4, 0.5) is 0 Å². The van der Waals surface area contributed by atoms with Crippen LogP contribution in [-0.2, 0) is 9.53 Å². The Labute approximate surface area is 71.0 Å². The zero-order valence-electron chi connectivity index (χ0n) is 6.88. The minimum Gasteiger partial charge on any atom is -0.381 e. The van der Waals surface area contributed by atoms with Crippen molar-refractivity contribution in [3.63, 3.8) is 0 Å². The SMILES string of the molecule is O=C1CN=C(CC2CCOC2)N1. The van der Waals surface area contributed by atoms with E-state index in [1.54, 1.807) is 0 Å². The fourth-order valence-corrected chi connectivity index (χ4v) is 1.54. The number of hydrogen-bond acceptors (Lipinski definition) is 3. The predicted octanol–water partition coefficient (Wildman–Crippen LogP) is -0.0587. The summed E-state index contributed by atoms with van der Waals surface area (Å²) in [4.78, 5) is 14.9. The third-order valence-corrected chi connectivity index (χ3v) is 2.20. The average Bonchev–Trinajstić information content (AvgIpc) is 2.63. The minimum absolute atomic E-state index is 0.0175. The molecule has 4 nitrogen and oxygen atoms in total. The van der Waals surface area contributed by atoms with Gasteiger partial charge in [0.15, 0.2) is 0 Å². The number of nitrogens with one attached hydrogen (secondary N) is 1. The highest BCUT2D eigenvalue weighted by atomic mass is 16.5. The Morgan fingerprint density at radius 1 is 1.67 bits per heavy atom. The molecule has 0 radical (unpaired) electrons. The third kappa shape index (κ3) is 1.64. The number of nitrogens with zero attached hydrogens (tertiary/aromatic N) is 1. The van der Waals surface area contributed by atoms with Crippen LogP contribution in [0, 0.1) is 5.92 Å². The van der Waals surface area contributed by atoms with Crippen LogP contribution >= 0.6 is 0 Å². The van der Waals surface area contributed by atoms with Gasteiger partial charge in [-0.2, -0.15) is 0 Å². The number of rotatable bonds is 2. The summed E-state index contributed by atoms with van der Waals surface area (Å²) in [7, 11) is 0. The lowest BCUT2D eigenvalue weighted by molar-refractivity contribution is -0.117. The Morgan fingerprint density at radius 2 is 2.58 bits per heavy atom. The van der Waals surface area contributed by atoms with Crippen molar-refractivity contribution in [2.24, 2.45) is 10.9 Å². The van der Waals surface area contributed by atoms with E-state index in [2.05, 4.69) is 10.3 Å². The molecule has 2 aliphatic rings. The van der Waals surface area contributed by atoms with Crippen molar-refractivity contribution in [1.29, 1.82) is 0 Å². The molecular formula is C8H12N2O2. The molecule has 1 atom stereocenters. The van der Waals surface area contributed by atoms with Crippen LogP contribution in [0.1, 0.15) is 12.8 Å². The molecule has 2 rings (SSSR count). The normalized spacial score (nSPS) is 28.8. The fourth-order valence-electron chi connectivity index (χ4n) is 1.54. The maximum Gasteiger partial charge on any atom is 0.246 e. The third-order valence-electron chi connectivity index (χ3n) is 2.20. The molecule has 1 amide bonds. The second-order valence-corrected chi connectivity index (χ2v) is 3.24. The van der Waals surface area contributed by atoms with Gasteiger partial charge in [-0.05, 0) is 12.3 Å². The zero-order chi connectivity index (χ0) is 8.39. The summed E-state index contributed by atoms with van der Waals surface area (Å²) in [5, 5.41) is 2.74. The molecule has 1 fully saturated rings. The zero-order valence-corrected chi connectivity index (χ0v) is 6.88. The number of hydrogen-bond donors (Lipinski definition) is 1. The predicted molar refractivity (Wildman–Crippen MR) is 44.0 cm³/mol. The van der Waals surface area contributed by atoms with E-state index in [1.807, 2.05) is 0 Å². The molecule has 2 aliphatic heterocycles. The van der Waals surface area contributed by atoms with Crippen LogP contribution in [0.15, 0.2) is 4.99 Å². The average molecular weight is 168 g/mol. The molecule has 0 aliphatic carbocycles. The monoisotopic (exact) mass is 168 g/mol. The van der Waals surface area contributed by atoms with E-state index >= 15 is 0 Å². The molecular weight excluding hydrogens is 156 g/mol. The smallest absolute Gasteiger partial charge is 0.246 e. The van der Waals surface area contributed by atoms with E-state index in [1.165, 1.54) is 0 Å². The summed E-state index contributed by atoms with van der Waals surface area (Å²) in [6, 6.07) is 0. The molecule has 1 unspecified atom stereocenters.